The van der Waals surface area contributed by atoms with Crippen LogP contribution < -0.4 is 20.1 Å². The van der Waals surface area contributed by atoms with Crippen LogP contribution in [0.2, 0.25) is 0 Å². The summed E-state index contributed by atoms with van der Waals surface area (Å²) in [5.41, 5.74) is 5.32. The number of nitrogens with zero attached hydrogens (tertiary/aromatic N) is 4. The first-order chi connectivity index (χ1) is 18.4. The Labute approximate surface area is 223 Å². The fraction of sp³-hybridized carbons (Fsp3) is 0.276. The lowest BCUT2D eigenvalue weighted by Crippen LogP contribution is -2.20. The number of ether oxygens (including phenoxy) is 2. The van der Waals surface area contributed by atoms with Crippen molar-refractivity contribution in [2.24, 2.45) is 7.05 Å². The van der Waals surface area contributed by atoms with Gasteiger partial charge in [0.2, 0.25) is 11.9 Å². The second kappa shape index (κ2) is 12.2. The number of rotatable bonds is 10. The van der Waals surface area contributed by atoms with Gasteiger partial charge in [0.25, 0.3) is 0 Å². The topological polar surface area (TPSA) is 93.5 Å². The molecule has 9 nitrogen and oxygen atoms in total. The normalized spacial score (nSPS) is 13.3. The monoisotopic (exact) mass is 514 g/mol. The van der Waals surface area contributed by atoms with Crippen molar-refractivity contribution in [3.8, 4) is 22.8 Å². The number of allylic oxidation sites excluding steroid dienone is 3. The molecular weight excluding hydrogens is 480 g/mol. The zero-order valence-corrected chi connectivity index (χ0v) is 22.3. The number of carbonyl (C=O) groups is 1. The molecule has 3 aromatic rings. The quantitative estimate of drug-likeness (QED) is 0.296. The Balaban J connectivity index is 1.67. The molecular formula is C29H34N6O3. The highest BCUT2D eigenvalue weighted by Crippen LogP contribution is 2.38. The third-order valence-electron chi connectivity index (χ3n) is 6.09. The van der Waals surface area contributed by atoms with Gasteiger partial charge in [-0.05, 0) is 56.8 Å². The van der Waals surface area contributed by atoms with Crippen LogP contribution >= 0.6 is 0 Å². The molecule has 0 radical (unpaired) electrons. The zero-order valence-electron chi connectivity index (χ0n) is 22.3. The number of aryl methyl sites for hydroxylation is 1. The van der Waals surface area contributed by atoms with Crippen molar-refractivity contribution >= 4 is 29.3 Å². The number of benzene rings is 1. The molecule has 0 aliphatic heterocycles. The molecule has 2 N–H and O–H groups in total. The molecule has 38 heavy (non-hydrogen) atoms. The summed E-state index contributed by atoms with van der Waals surface area (Å²) in [5.74, 6) is 1.07. The Bertz CT molecular complexity index is 1370. The maximum atomic E-state index is 12.1. The Hall–Kier alpha value is -4.37. The minimum Gasteiger partial charge on any atom is -0.494 e. The first kappa shape index (κ1) is 26.7. The van der Waals surface area contributed by atoms with Crippen LogP contribution in [0.25, 0.3) is 17.3 Å². The van der Waals surface area contributed by atoms with Gasteiger partial charge in [0.1, 0.15) is 18.1 Å². The van der Waals surface area contributed by atoms with E-state index < -0.39 is 0 Å². The maximum absolute atomic E-state index is 12.1. The molecule has 0 unspecified atom stereocenters. The number of aromatic nitrogens is 3. The summed E-state index contributed by atoms with van der Waals surface area (Å²) in [5, 5.41) is 6.07. The SMILES string of the molecule is C=CC(=O)Nc1cc(Nc2nccc(-c3cn(C)c4c3C/C=C\CC=C4)n2)c(OC)cc1OCCN(C)C. The molecule has 9 heteroatoms. The van der Waals surface area contributed by atoms with Crippen molar-refractivity contribution in [1.82, 2.24) is 19.4 Å². The van der Waals surface area contributed by atoms with Crippen LogP contribution in [-0.2, 0) is 18.3 Å². The Morgan fingerprint density at radius 2 is 2.05 bits per heavy atom. The second-order valence-electron chi connectivity index (χ2n) is 9.12. The number of nitrogens with one attached hydrogen (secondary N) is 2. The molecule has 198 valence electrons. The van der Waals surface area contributed by atoms with Crippen LogP contribution in [0.1, 0.15) is 17.7 Å². The highest BCUT2D eigenvalue weighted by Gasteiger charge is 2.17. The average Bonchev–Trinajstić information content (AvgIpc) is 3.18. The van der Waals surface area contributed by atoms with Gasteiger partial charge in [0.15, 0.2) is 0 Å². The van der Waals surface area contributed by atoms with Gasteiger partial charge in [-0.3, -0.25) is 4.79 Å². The van der Waals surface area contributed by atoms with E-state index in [1.54, 1.807) is 25.4 Å². The van der Waals surface area contributed by atoms with Crippen LogP contribution in [0.15, 0.2) is 61.5 Å². The molecule has 1 aliphatic rings. The van der Waals surface area contributed by atoms with Crippen LogP contribution in [0, 0.1) is 0 Å². The van der Waals surface area contributed by atoms with Crippen LogP contribution in [-0.4, -0.2) is 59.7 Å². The number of likely N-dealkylation sites (N-methyl/N-ethyl adjacent to an activating group) is 1. The van der Waals surface area contributed by atoms with E-state index >= 15 is 0 Å². The third kappa shape index (κ3) is 6.30. The molecule has 1 amide bonds. The fourth-order valence-corrected chi connectivity index (χ4v) is 4.16. The van der Waals surface area contributed by atoms with Crippen molar-refractivity contribution in [3.63, 3.8) is 0 Å². The van der Waals surface area contributed by atoms with E-state index in [4.69, 9.17) is 14.5 Å². The molecule has 1 aliphatic carbocycles. The molecule has 2 heterocycles. The molecule has 1 aromatic carbocycles. The zero-order chi connectivity index (χ0) is 27.1. The van der Waals surface area contributed by atoms with E-state index in [2.05, 4.69) is 57.3 Å². The lowest BCUT2D eigenvalue weighted by atomic mass is 10.0. The van der Waals surface area contributed by atoms with E-state index in [9.17, 15) is 4.79 Å². The van der Waals surface area contributed by atoms with E-state index in [0.717, 1.165) is 24.1 Å². The molecule has 4 rings (SSSR count). The van der Waals surface area contributed by atoms with Crippen LogP contribution in [0.5, 0.6) is 11.5 Å². The van der Waals surface area contributed by atoms with Gasteiger partial charge in [-0.2, -0.15) is 0 Å². The molecule has 0 fully saturated rings. The van der Waals surface area contributed by atoms with Crippen molar-refractivity contribution in [3.05, 3.63) is 72.7 Å². The Morgan fingerprint density at radius 1 is 1.21 bits per heavy atom. The van der Waals surface area contributed by atoms with Crippen molar-refractivity contribution in [2.45, 2.75) is 12.8 Å². The molecule has 0 atom stereocenters. The molecule has 2 aromatic heterocycles. The first-order valence-electron chi connectivity index (χ1n) is 12.4. The molecule has 0 saturated carbocycles. The molecule has 0 spiro atoms. The minimum absolute atomic E-state index is 0.347. The Morgan fingerprint density at radius 3 is 2.82 bits per heavy atom. The number of amides is 1. The number of fused-ring (bicyclic) bond motifs is 1. The van der Waals surface area contributed by atoms with Gasteiger partial charge >= 0.3 is 0 Å². The van der Waals surface area contributed by atoms with E-state index in [-0.39, 0.29) is 5.91 Å². The van der Waals surface area contributed by atoms with Gasteiger partial charge in [0, 0.05) is 43.3 Å². The fourth-order valence-electron chi connectivity index (χ4n) is 4.16. The highest BCUT2D eigenvalue weighted by atomic mass is 16.5. The van der Waals surface area contributed by atoms with Crippen LogP contribution in [0.3, 0.4) is 0 Å². The number of hydrogen-bond donors (Lipinski definition) is 2. The third-order valence-corrected chi connectivity index (χ3v) is 6.09. The highest BCUT2D eigenvalue weighted by molar-refractivity contribution is 6.00. The number of anilines is 3. The standard InChI is InChI=1S/C29H34N6O3/c1-6-28(36)31-24-17-23(26(37-5)18-27(24)38-16-15-34(2)3)33-29-30-14-13-22(32-29)21-19-35(4)25-12-10-8-7-9-11-20(21)25/h6-7,9-10,12-14,17-19H,1,8,11,15-16H2,2-5H3,(H,31,36)(H,30,32,33)/b9-7-,12-10?. The van der Waals surface area contributed by atoms with Gasteiger partial charge in [0.05, 0.1) is 24.2 Å². The Kier molecular flexibility index (Phi) is 8.60. The minimum atomic E-state index is -0.347. The number of methoxy groups -OCH3 is 1. The summed E-state index contributed by atoms with van der Waals surface area (Å²) in [7, 11) is 7.55. The average molecular weight is 515 g/mol. The maximum Gasteiger partial charge on any atom is 0.247 e. The predicted molar refractivity (Wildman–Crippen MR) is 152 cm³/mol. The number of carbonyl (C=O) groups excluding carboxylic acids is 1. The lowest BCUT2D eigenvalue weighted by molar-refractivity contribution is -0.111. The summed E-state index contributed by atoms with van der Waals surface area (Å²) < 4.78 is 13.7. The van der Waals surface area contributed by atoms with E-state index in [1.165, 1.54) is 17.3 Å². The van der Waals surface area contributed by atoms with Crippen molar-refractivity contribution in [1.29, 1.82) is 0 Å². The number of hydrogen-bond acceptors (Lipinski definition) is 7. The first-order valence-corrected chi connectivity index (χ1v) is 12.4. The van der Waals surface area contributed by atoms with Gasteiger partial charge in [-0.25, -0.2) is 9.97 Å². The molecule has 0 saturated heterocycles. The van der Waals surface area contributed by atoms with Crippen molar-refractivity contribution < 1.29 is 14.3 Å². The van der Waals surface area contributed by atoms with Crippen molar-refractivity contribution in [2.75, 3.05) is 45.0 Å². The summed E-state index contributed by atoms with van der Waals surface area (Å²) in [6.07, 6.45) is 15.5. The van der Waals surface area contributed by atoms with Gasteiger partial charge < -0.3 is 29.6 Å². The largest absolute Gasteiger partial charge is 0.494 e. The summed E-state index contributed by atoms with van der Waals surface area (Å²) >= 11 is 0. The smallest absolute Gasteiger partial charge is 0.247 e. The summed E-state index contributed by atoms with van der Waals surface area (Å²) in [6, 6.07) is 5.38. The predicted octanol–water partition coefficient (Wildman–Crippen LogP) is 4.81. The van der Waals surface area contributed by atoms with Crippen LogP contribution in [0.4, 0.5) is 17.3 Å². The van der Waals surface area contributed by atoms with Gasteiger partial charge in [-0.15, -0.1) is 0 Å². The summed E-state index contributed by atoms with van der Waals surface area (Å²) in [6.45, 7) is 4.70. The second-order valence-corrected chi connectivity index (χ2v) is 9.12. The molecule has 0 bridgehead atoms. The lowest BCUT2D eigenvalue weighted by Gasteiger charge is -2.18. The van der Waals surface area contributed by atoms with E-state index in [1.807, 2.05) is 32.1 Å². The van der Waals surface area contributed by atoms with E-state index in [0.29, 0.717) is 42.0 Å². The summed E-state index contributed by atoms with van der Waals surface area (Å²) in [4.78, 5) is 23.4. The van der Waals surface area contributed by atoms with Gasteiger partial charge in [-0.1, -0.05) is 24.8 Å².